The number of aromatic nitrogens is 3. The molecule has 1 unspecified atom stereocenters. The van der Waals surface area contributed by atoms with Crippen LogP contribution in [0.3, 0.4) is 0 Å². The molecule has 0 amide bonds. The van der Waals surface area contributed by atoms with Crippen molar-refractivity contribution in [1.29, 1.82) is 0 Å². The number of allylic oxidation sites excluding steroid dienone is 5. The average molecular weight is 822 g/mol. The summed E-state index contributed by atoms with van der Waals surface area (Å²) >= 11 is 1.83. The standard InChI is InChI=1S/C59H39N3S/c1-2-16-43-41(14-1)42-15-3-4-17-44(42)49-31-37(24-27-45(43)49)36-12-11-13-38(30-36)53-34-52-51-33-40(26-29-58(51)63-59(52)35-60-53)62-56-23-10-7-20-48(56)50-32-39(25-28-57(50)62)61-54-21-8-5-18-46(54)47-19-6-9-22-55(47)61/h1-2,4-11,13-14,16-36H,3,12,15H2. The monoisotopic (exact) mass is 821 g/mol. The number of rotatable bonds is 4. The lowest BCUT2D eigenvalue weighted by atomic mass is 9.83. The van der Waals surface area contributed by atoms with Crippen molar-refractivity contribution in [1.82, 2.24) is 14.1 Å². The molecule has 4 heterocycles. The molecule has 0 N–H and O–H groups in total. The van der Waals surface area contributed by atoms with E-state index in [-0.39, 0.29) is 5.92 Å². The molecular weight excluding hydrogens is 783 g/mol. The smallest absolute Gasteiger partial charge is 0.0706 e. The number of hydrogen-bond donors (Lipinski definition) is 0. The summed E-state index contributed by atoms with van der Waals surface area (Å²) in [5.41, 5.74) is 13.6. The van der Waals surface area contributed by atoms with Gasteiger partial charge in [-0.1, -0.05) is 121 Å². The van der Waals surface area contributed by atoms with E-state index in [1.165, 1.54) is 113 Å². The van der Waals surface area contributed by atoms with E-state index >= 15 is 0 Å². The Kier molecular flexibility index (Phi) is 7.51. The fourth-order valence-electron chi connectivity index (χ4n) is 11.1. The molecule has 0 radical (unpaired) electrons. The lowest BCUT2D eigenvalue weighted by molar-refractivity contribution is 0.858. The van der Waals surface area contributed by atoms with Crippen molar-refractivity contribution in [3.8, 4) is 11.4 Å². The zero-order valence-electron chi connectivity index (χ0n) is 34.4. The summed E-state index contributed by atoms with van der Waals surface area (Å²) in [5.74, 6) is 0.276. The second-order valence-electron chi connectivity index (χ2n) is 17.3. The minimum atomic E-state index is 0.276. The van der Waals surface area contributed by atoms with Crippen LogP contribution in [0.2, 0.25) is 0 Å². The van der Waals surface area contributed by atoms with Gasteiger partial charge in [0, 0.05) is 60.5 Å². The lowest BCUT2D eigenvalue weighted by Crippen LogP contribution is -2.02. The van der Waals surface area contributed by atoms with Gasteiger partial charge in [0.15, 0.2) is 0 Å². The van der Waals surface area contributed by atoms with Crippen LogP contribution < -0.4 is 0 Å². The van der Waals surface area contributed by atoms with Crippen LogP contribution >= 0.6 is 11.3 Å². The quantitative estimate of drug-likeness (QED) is 0.162. The van der Waals surface area contributed by atoms with Crippen molar-refractivity contribution in [3.63, 3.8) is 0 Å². The highest BCUT2D eigenvalue weighted by Crippen LogP contribution is 2.43. The van der Waals surface area contributed by atoms with Gasteiger partial charge >= 0.3 is 0 Å². The maximum absolute atomic E-state index is 5.09. The van der Waals surface area contributed by atoms with Gasteiger partial charge < -0.3 is 9.13 Å². The van der Waals surface area contributed by atoms with Crippen molar-refractivity contribution in [2.45, 2.75) is 25.2 Å². The van der Waals surface area contributed by atoms with Gasteiger partial charge in [-0.2, -0.15) is 0 Å². The third-order valence-electron chi connectivity index (χ3n) is 13.9. The number of fused-ring (bicyclic) bond motifs is 15. The molecule has 2 aliphatic rings. The maximum Gasteiger partial charge on any atom is 0.0706 e. The van der Waals surface area contributed by atoms with E-state index in [1.54, 1.807) is 0 Å². The molecule has 0 saturated heterocycles. The summed E-state index contributed by atoms with van der Waals surface area (Å²) in [6.45, 7) is 0. The SMILES string of the molecule is C1=Cc2c(c3ccccc3c3ccc(C4C=C(c5cc6c(cn5)sc5ccc(-n7c8ccccc8c8cc(-n9c%10ccccc%10c%10ccccc%109)ccc87)cc56)C=CC4)cc23)CC1. The summed E-state index contributed by atoms with van der Waals surface area (Å²) < 4.78 is 7.34. The van der Waals surface area contributed by atoms with Crippen LogP contribution in [0.15, 0.2) is 188 Å². The lowest BCUT2D eigenvalue weighted by Gasteiger charge is -2.21. The van der Waals surface area contributed by atoms with Gasteiger partial charge in [-0.25, -0.2) is 0 Å². The van der Waals surface area contributed by atoms with Crippen LogP contribution in [0.4, 0.5) is 0 Å². The number of para-hydroxylation sites is 3. The molecule has 2 aliphatic carbocycles. The molecule has 0 saturated carbocycles. The zero-order chi connectivity index (χ0) is 41.2. The van der Waals surface area contributed by atoms with Crippen LogP contribution in [0.1, 0.15) is 41.1 Å². The number of pyridine rings is 1. The molecule has 4 aromatic heterocycles. The topological polar surface area (TPSA) is 22.8 Å². The van der Waals surface area contributed by atoms with Crippen molar-refractivity contribution in [2.24, 2.45) is 0 Å². The first-order valence-electron chi connectivity index (χ1n) is 22.1. The van der Waals surface area contributed by atoms with Gasteiger partial charge in [0.05, 0.1) is 32.5 Å². The maximum atomic E-state index is 5.09. The Morgan fingerprint density at radius 3 is 1.86 bits per heavy atom. The highest BCUT2D eigenvalue weighted by molar-refractivity contribution is 7.25. The Bertz CT molecular complexity index is 3960. The van der Waals surface area contributed by atoms with Crippen LogP contribution in [0, 0.1) is 0 Å². The van der Waals surface area contributed by atoms with Crippen molar-refractivity contribution in [2.75, 3.05) is 0 Å². The molecule has 12 aromatic rings. The van der Waals surface area contributed by atoms with E-state index in [0.717, 1.165) is 30.6 Å². The molecule has 296 valence electrons. The fourth-order valence-corrected chi connectivity index (χ4v) is 12.1. The minimum absolute atomic E-state index is 0.276. The largest absolute Gasteiger partial charge is 0.309 e. The summed E-state index contributed by atoms with van der Waals surface area (Å²) in [6, 6.07) is 58.8. The molecule has 0 spiro atoms. The van der Waals surface area contributed by atoms with E-state index in [2.05, 4.69) is 203 Å². The molecule has 0 aliphatic heterocycles. The number of aryl methyl sites for hydroxylation is 1. The van der Waals surface area contributed by atoms with Gasteiger partial charge in [-0.3, -0.25) is 4.98 Å². The van der Waals surface area contributed by atoms with Crippen molar-refractivity contribution < 1.29 is 0 Å². The third-order valence-corrected chi connectivity index (χ3v) is 15.1. The van der Waals surface area contributed by atoms with Crippen LogP contribution in [0.25, 0.3) is 108 Å². The van der Waals surface area contributed by atoms with Gasteiger partial charge in [0.2, 0.25) is 0 Å². The molecule has 0 bridgehead atoms. The van der Waals surface area contributed by atoms with E-state index in [4.69, 9.17) is 4.98 Å². The molecule has 4 heteroatoms. The predicted octanol–water partition coefficient (Wildman–Crippen LogP) is 16.0. The Hall–Kier alpha value is -7.53. The Labute approximate surface area is 367 Å². The van der Waals surface area contributed by atoms with E-state index in [0.29, 0.717) is 0 Å². The van der Waals surface area contributed by atoms with Crippen LogP contribution in [-0.4, -0.2) is 14.1 Å². The highest BCUT2D eigenvalue weighted by Gasteiger charge is 2.21. The van der Waals surface area contributed by atoms with Gasteiger partial charge in [0.1, 0.15) is 0 Å². The zero-order valence-corrected chi connectivity index (χ0v) is 35.2. The van der Waals surface area contributed by atoms with Crippen molar-refractivity contribution in [3.05, 3.63) is 211 Å². The Morgan fingerprint density at radius 1 is 0.476 bits per heavy atom. The first-order valence-corrected chi connectivity index (χ1v) is 22.9. The molecule has 14 rings (SSSR count). The first-order chi connectivity index (χ1) is 31.2. The predicted molar refractivity (Wildman–Crippen MR) is 269 cm³/mol. The number of benzene rings is 8. The molecular formula is C59H39N3S. The normalized spacial score (nSPS) is 15.2. The molecule has 8 aromatic carbocycles. The fraction of sp³-hybridized carbons (Fsp3) is 0.0678. The third kappa shape index (κ3) is 5.22. The molecule has 3 nitrogen and oxygen atoms in total. The number of thiophene rings is 1. The average Bonchev–Trinajstić information content (AvgIpc) is 4.01. The van der Waals surface area contributed by atoms with E-state index in [9.17, 15) is 0 Å². The second-order valence-corrected chi connectivity index (χ2v) is 18.4. The van der Waals surface area contributed by atoms with E-state index in [1.807, 2.05) is 11.3 Å². The summed E-state index contributed by atoms with van der Waals surface area (Å²) in [7, 11) is 0. The first kappa shape index (κ1) is 35.1. The van der Waals surface area contributed by atoms with Crippen LogP contribution in [0.5, 0.6) is 0 Å². The van der Waals surface area contributed by atoms with Gasteiger partial charge in [-0.05, 0) is 130 Å². The Balaban J connectivity index is 0.872. The molecule has 1 atom stereocenters. The summed E-state index contributed by atoms with van der Waals surface area (Å²) in [6.07, 6.45) is 17.0. The second kappa shape index (κ2) is 13.5. The number of hydrogen-bond acceptors (Lipinski definition) is 2. The van der Waals surface area contributed by atoms with Crippen molar-refractivity contribution >= 4 is 108 Å². The Morgan fingerprint density at radius 2 is 1.10 bits per heavy atom. The molecule has 0 fully saturated rings. The summed E-state index contributed by atoms with van der Waals surface area (Å²) in [5, 5.41) is 13.0. The van der Waals surface area contributed by atoms with Gasteiger partial charge in [-0.15, -0.1) is 11.3 Å². The number of nitrogens with zero attached hydrogens (tertiary/aromatic N) is 3. The highest BCUT2D eigenvalue weighted by atomic mass is 32.1. The minimum Gasteiger partial charge on any atom is -0.309 e. The molecule has 63 heavy (non-hydrogen) atoms. The van der Waals surface area contributed by atoms with Crippen LogP contribution in [-0.2, 0) is 6.42 Å². The van der Waals surface area contributed by atoms with E-state index < -0.39 is 0 Å². The van der Waals surface area contributed by atoms with Gasteiger partial charge in [0.25, 0.3) is 0 Å². The summed E-state index contributed by atoms with van der Waals surface area (Å²) in [4.78, 5) is 5.09.